The second kappa shape index (κ2) is 7.79. The standard InChI is InChI=1S/C17H23ClN4O2.ClH/c1-2-3-11-9-22(14-5-4-12(18)8-20-14)10-13(11)21-16(24)17(6-7-17)15(19)23;/h4-5,8,11,13H,2-3,6-7,9-10H2,1H3,(H2,19,23)(H,21,24);1H/t11-,13-;/m0./s1. The third-order valence-electron chi connectivity index (χ3n) is 5.11. The van der Waals surface area contributed by atoms with E-state index in [1.807, 2.05) is 12.1 Å². The van der Waals surface area contributed by atoms with Gasteiger partial charge in [0.05, 0.1) is 11.1 Å². The molecule has 2 aliphatic rings. The molecule has 1 saturated carbocycles. The van der Waals surface area contributed by atoms with Crippen molar-refractivity contribution < 1.29 is 9.59 Å². The lowest BCUT2D eigenvalue weighted by Gasteiger charge is -2.21. The number of nitrogens with zero attached hydrogens (tertiary/aromatic N) is 2. The highest BCUT2D eigenvalue weighted by Gasteiger charge is 2.56. The third kappa shape index (κ3) is 4.01. The van der Waals surface area contributed by atoms with Crippen LogP contribution in [-0.2, 0) is 9.59 Å². The van der Waals surface area contributed by atoms with E-state index >= 15 is 0 Å². The molecule has 6 nitrogen and oxygen atoms in total. The molecule has 1 aromatic rings. The van der Waals surface area contributed by atoms with Gasteiger partial charge in [-0.15, -0.1) is 12.4 Å². The number of pyridine rings is 1. The smallest absolute Gasteiger partial charge is 0.235 e. The Balaban J connectivity index is 0.00000225. The SMILES string of the molecule is CCC[C@H]1CN(c2ccc(Cl)cn2)C[C@@H]1NC(=O)C1(C(N)=O)CC1.Cl. The average molecular weight is 387 g/mol. The molecule has 0 radical (unpaired) electrons. The Kier molecular flexibility index (Phi) is 6.16. The second-order valence-corrected chi connectivity index (χ2v) is 7.25. The maximum atomic E-state index is 12.5. The van der Waals surface area contributed by atoms with Gasteiger partial charge in [-0.2, -0.15) is 0 Å². The first-order chi connectivity index (χ1) is 11.5. The van der Waals surface area contributed by atoms with Crippen molar-refractivity contribution in [2.24, 2.45) is 17.1 Å². The molecule has 1 saturated heterocycles. The fourth-order valence-electron chi connectivity index (χ4n) is 3.46. The van der Waals surface area contributed by atoms with Gasteiger partial charge in [0.2, 0.25) is 11.8 Å². The largest absolute Gasteiger partial charge is 0.369 e. The second-order valence-electron chi connectivity index (χ2n) is 6.81. The zero-order valence-electron chi connectivity index (χ0n) is 14.2. The topological polar surface area (TPSA) is 88.3 Å². The highest BCUT2D eigenvalue weighted by Crippen LogP contribution is 2.45. The first-order valence-corrected chi connectivity index (χ1v) is 8.81. The van der Waals surface area contributed by atoms with Gasteiger partial charge in [0, 0.05) is 19.3 Å². The van der Waals surface area contributed by atoms with Crippen molar-refractivity contribution in [3.05, 3.63) is 23.4 Å². The van der Waals surface area contributed by atoms with Gasteiger partial charge in [-0.3, -0.25) is 9.59 Å². The number of hydrogen-bond donors (Lipinski definition) is 2. The van der Waals surface area contributed by atoms with Crippen molar-refractivity contribution in [3.63, 3.8) is 0 Å². The molecule has 25 heavy (non-hydrogen) atoms. The van der Waals surface area contributed by atoms with Gasteiger partial charge in [0.15, 0.2) is 0 Å². The summed E-state index contributed by atoms with van der Waals surface area (Å²) in [5.41, 5.74) is 4.43. The number of halogens is 2. The molecule has 2 atom stereocenters. The van der Waals surface area contributed by atoms with Gasteiger partial charge < -0.3 is 16.0 Å². The molecule has 0 aromatic carbocycles. The van der Waals surface area contributed by atoms with Gasteiger partial charge in [-0.1, -0.05) is 24.9 Å². The highest BCUT2D eigenvalue weighted by atomic mass is 35.5. The van der Waals surface area contributed by atoms with E-state index in [0.717, 1.165) is 25.2 Å². The number of nitrogens with two attached hydrogens (primary N) is 1. The van der Waals surface area contributed by atoms with E-state index in [0.29, 0.717) is 30.3 Å². The molecule has 0 spiro atoms. The van der Waals surface area contributed by atoms with Crippen LogP contribution in [0.15, 0.2) is 18.3 Å². The average Bonchev–Trinajstić information content (AvgIpc) is 3.28. The number of primary amides is 1. The predicted octanol–water partition coefficient (Wildman–Crippen LogP) is 2.14. The maximum absolute atomic E-state index is 12.5. The van der Waals surface area contributed by atoms with Crippen molar-refractivity contribution in [1.29, 1.82) is 0 Å². The van der Waals surface area contributed by atoms with E-state index in [4.69, 9.17) is 17.3 Å². The maximum Gasteiger partial charge on any atom is 0.235 e. The summed E-state index contributed by atoms with van der Waals surface area (Å²) >= 11 is 5.90. The van der Waals surface area contributed by atoms with Crippen LogP contribution in [0.2, 0.25) is 5.02 Å². The van der Waals surface area contributed by atoms with Crippen molar-refractivity contribution in [2.45, 2.75) is 38.6 Å². The number of carbonyl (C=O) groups excluding carboxylic acids is 2. The number of aromatic nitrogens is 1. The third-order valence-corrected chi connectivity index (χ3v) is 5.33. The van der Waals surface area contributed by atoms with Gasteiger partial charge in [-0.25, -0.2) is 4.98 Å². The van der Waals surface area contributed by atoms with E-state index < -0.39 is 11.3 Å². The van der Waals surface area contributed by atoms with E-state index in [1.54, 1.807) is 6.20 Å². The molecule has 0 bridgehead atoms. The molecular weight excluding hydrogens is 363 g/mol. The van der Waals surface area contributed by atoms with Crippen molar-refractivity contribution in [2.75, 3.05) is 18.0 Å². The fraction of sp³-hybridized carbons (Fsp3) is 0.588. The minimum absolute atomic E-state index is 0. The Morgan fingerprint density at radius 2 is 2.12 bits per heavy atom. The van der Waals surface area contributed by atoms with Crippen molar-refractivity contribution >= 4 is 41.6 Å². The molecule has 138 valence electrons. The molecule has 2 amide bonds. The first kappa shape index (κ1) is 19.8. The van der Waals surface area contributed by atoms with E-state index in [-0.39, 0.29) is 24.4 Å². The van der Waals surface area contributed by atoms with E-state index in [2.05, 4.69) is 22.1 Å². The summed E-state index contributed by atoms with van der Waals surface area (Å²) in [6, 6.07) is 3.71. The van der Waals surface area contributed by atoms with Crippen LogP contribution in [-0.4, -0.2) is 35.9 Å². The van der Waals surface area contributed by atoms with Crippen molar-refractivity contribution in [3.8, 4) is 0 Å². The lowest BCUT2D eigenvalue weighted by atomic mass is 9.96. The first-order valence-electron chi connectivity index (χ1n) is 8.43. The number of hydrogen-bond acceptors (Lipinski definition) is 4. The quantitative estimate of drug-likeness (QED) is 0.732. The summed E-state index contributed by atoms with van der Waals surface area (Å²) in [6.45, 7) is 3.64. The van der Waals surface area contributed by atoms with Crippen LogP contribution in [0.3, 0.4) is 0 Å². The Labute approximate surface area is 158 Å². The van der Waals surface area contributed by atoms with Gasteiger partial charge in [0.1, 0.15) is 11.2 Å². The zero-order valence-corrected chi connectivity index (χ0v) is 15.8. The Morgan fingerprint density at radius 3 is 2.64 bits per heavy atom. The summed E-state index contributed by atoms with van der Waals surface area (Å²) in [7, 11) is 0. The zero-order chi connectivity index (χ0) is 17.3. The van der Waals surface area contributed by atoms with Gasteiger partial charge >= 0.3 is 0 Å². The van der Waals surface area contributed by atoms with Crippen LogP contribution in [0.25, 0.3) is 0 Å². The molecule has 2 fully saturated rings. The minimum Gasteiger partial charge on any atom is -0.369 e. The molecule has 3 rings (SSSR count). The number of anilines is 1. The van der Waals surface area contributed by atoms with E-state index in [9.17, 15) is 9.59 Å². The van der Waals surface area contributed by atoms with Crippen LogP contribution in [0.4, 0.5) is 5.82 Å². The summed E-state index contributed by atoms with van der Waals surface area (Å²) in [5, 5.41) is 3.68. The summed E-state index contributed by atoms with van der Waals surface area (Å²) < 4.78 is 0. The molecule has 1 aromatic heterocycles. The van der Waals surface area contributed by atoms with Gasteiger partial charge in [0.25, 0.3) is 0 Å². The monoisotopic (exact) mass is 386 g/mol. The summed E-state index contributed by atoms with van der Waals surface area (Å²) in [4.78, 5) is 30.6. The molecule has 0 unspecified atom stereocenters. The molecular formula is C17H24Cl2N4O2. The van der Waals surface area contributed by atoms with Gasteiger partial charge in [-0.05, 0) is 37.3 Å². The molecule has 8 heteroatoms. The number of nitrogens with one attached hydrogen (secondary N) is 1. The van der Waals surface area contributed by atoms with Crippen molar-refractivity contribution in [1.82, 2.24) is 10.3 Å². The normalized spacial score (nSPS) is 23.7. The Morgan fingerprint density at radius 1 is 1.40 bits per heavy atom. The molecule has 1 aliphatic heterocycles. The molecule has 1 aliphatic carbocycles. The molecule has 3 N–H and O–H groups in total. The lowest BCUT2D eigenvalue weighted by molar-refractivity contribution is -0.135. The Bertz CT molecular complexity index is 634. The Hall–Kier alpha value is -1.53. The molecule has 2 heterocycles. The highest BCUT2D eigenvalue weighted by molar-refractivity contribution is 6.30. The number of rotatable bonds is 6. The summed E-state index contributed by atoms with van der Waals surface area (Å²) in [6.07, 6.45) is 4.80. The van der Waals surface area contributed by atoms with Crippen LogP contribution in [0.1, 0.15) is 32.6 Å². The van der Waals surface area contributed by atoms with Crippen LogP contribution >= 0.6 is 24.0 Å². The minimum atomic E-state index is -0.970. The van der Waals surface area contributed by atoms with Crippen LogP contribution in [0.5, 0.6) is 0 Å². The van der Waals surface area contributed by atoms with Crippen LogP contribution < -0.4 is 16.0 Å². The number of amides is 2. The van der Waals surface area contributed by atoms with Crippen LogP contribution in [0, 0.1) is 11.3 Å². The lowest BCUT2D eigenvalue weighted by Crippen LogP contribution is -2.47. The fourth-order valence-corrected chi connectivity index (χ4v) is 3.57. The number of carbonyl (C=O) groups is 2. The predicted molar refractivity (Wildman–Crippen MR) is 99.9 cm³/mol. The summed E-state index contributed by atoms with van der Waals surface area (Å²) in [5.74, 6) is 0.460. The van der Waals surface area contributed by atoms with E-state index in [1.165, 1.54) is 0 Å².